The van der Waals surface area contributed by atoms with Crippen LogP contribution in [0, 0.1) is 5.82 Å². The number of pyridine rings is 1. The van der Waals surface area contributed by atoms with Crippen LogP contribution in [0.15, 0.2) is 72.9 Å². The van der Waals surface area contributed by atoms with Crippen molar-refractivity contribution in [1.29, 1.82) is 0 Å². The van der Waals surface area contributed by atoms with E-state index in [1.54, 1.807) is 38.1 Å². The molecule has 2 amide bonds. The summed E-state index contributed by atoms with van der Waals surface area (Å²) in [6.07, 6.45) is 1.71. The van der Waals surface area contributed by atoms with E-state index >= 15 is 0 Å². The molecule has 2 atom stereocenters. The van der Waals surface area contributed by atoms with Crippen LogP contribution in [0.5, 0.6) is 0 Å². The molecule has 0 spiro atoms. The van der Waals surface area contributed by atoms with Gasteiger partial charge in [-0.1, -0.05) is 42.5 Å². The normalized spacial score (nSPS) is 17.9. The molecule has 180 valence electrons. The first-order valence-corrected chi connectivity index (χ1v) is 11.3. The van der Waals surface area contributed by atoms with Crippen molar-refractivity contribution in [1.82, 2.24) is 15.2 Å². The molecule has 1 aliphatic rings. The Balaban J connectivity index is 1.49. The predicted molar refractivity (Wildman–Crippen MR) is 128 cm³/mol. The standard InChI is InChI=1S/C27H26FN3O4/c1-27(2,15-17-8-11-20(28)12-9-17)31-23(26(34)35)14-22(25(31)33)30-24(32)19-10-13-21(29-16-19)18-6-4-3-5-7-18/h3-13,16,22-23H,14-15H2,1-2H3,(H,30,32)(H,34,35)/t22-,23-/m0/s1. The Hall–Kier alpha value is -4.07. The number of aliphatic carboxylic acids is 1. The third-order valence-electron chi connectivity index (χ3n) is 6.19. The molecule has 0 bridgehead atoms. The van der Waals surface area contributed by atoms with Crippen LogP contribution in [0.3, 0.4) is 0 Å². The molecule has 1 aromatic heterocycles. The fourth-order valence-corrected chi connectivity index (χ4v) is 4.54. The molecule has 8 heteroatoms. The lowest BCUT2D eigenvalue weighted by Gasteiger charge is -2.38. The summed E-state index contributed by atoms with van der Waals surface area (Å²) < 4.78 is 13.3. The summed E-state index contributed by atoms with van der Waals surface area (Å²) in [6.45, 7) is 3.53. The Labute approximate surface area is 202 Å². The number of carboxylic acids is 1. The summed E-state index contributed by atoms with van der Waals surface area (Å²) in [7, 11) is 0. The summed E-state index contributed by atoms with van der Waals surface area (Å²) >= 11 is 0. The molecule has 1 aliphatic heterocycles. The van der Waals surface area contributed by atoms with Crippen molar-refractivity contribution in [3.05, 3.63) is 89.9 Å². The largest absolute Gasteiger partial charge is 0.480 e. The number of carbonyl (C=O) groups excluding carboxylic acids is 2. The van der Waals surface area contributed by atoms with Crippen molar-refractivity contribution < 1.29 is 23.9 Å². The number of nitrogens with zero attached hydrogens (tertiary/aromatic N) is 2. The number of hydrogen-bond donors (Lipinski definition) is 2. The first-order chi connectivity index (χ1) is 16.7. The molecule has 4 rings (SSSR count). The smallest absolute Gasteiger partial charge is 0.326 e. The van der Waals surface area contributed by atoms with E-state index < -0.39 is 35.4 Å². The van der Waals surface area contributed by atoms with E-state index in [2.05, 4.69) is 10.3 Å². The van der Waals surface area contributed by atoms with Crippen molar-refractivity contribution in [2.75, 3.05) is 0 Å². The molecule has 2 N–H and O–H groups in total. The Kier molecular flexibility index (Phi) is 6.64. The molecular formula is C27H26FN3O4. The molecule has 0 aliphatic carbocycles. The van der Waals surface area contributed by atoms with Crippen LogP contribution in [0.25, 0.3) is 11.3 Å². The van der Waals surface area contributed by atoms with E-state index in [4.69, 9.17) is 0 Å². The first kappa shape index (κ1) is 24.1. The first-order valence-electron chi connectivity index (χ1n) is 11.3. The number of benzene rings is 2. The number of halogens is 1. The predicted octanol–water partition coefficient (Wildman–Crippen LogP) is 3.69. The third-order valence-corrected chi connectivity index (χ3v) is 6.19. The van der Waals surface area contributed by atoms with Gasteiger partial charge >= 0.3 is 5.97 Å². The Bertz CT molecular complexity index is 1230. The number of amides is 2. The average Bonchev–Trinajstić information content (AvgIpc) is 3.18. The van der Waals surface area contributed by atoms with Crippen LogP contribution >= 0.6 is 0 Å². The second-order valence-corrected chi connectivity index (χ2v) is 9.24. The van der Waals surface area contributed by atoms with E-state index in [1.165, 1.54) is 23.2 Å². The van der Waals surface area contributed by atoms with Gasteiger partial charge < -0.3 is 15.3 Å². The van der Waals surface area contributed by atoms with Crippen LogP contribution in [-0.2, 0) is 16.0 Å². The van der Waals surface area contributed by atoms with Gasteiger partial charge in [-0.05, 0) is 50.1 Å². The maximum atomic E-state index is 13.3. The molecule has 0 radical (unpaired) electrons. The third kappa shape index (κ3) is 5.21. The van der Waals surface area contributed by atoms with Crippen LogP contribution in [0.1, 0.15) is 36.2 Å². The van der Waals surface area contributed by atoms with Crippen LogP contribution in [0.4, 0.5) is 4.39 Å². The number of hydrogen-bond acceptors (Lipinski definition) is 4. The van der Waals surface area contributed by atoms with Crippen molar-refractivity contribution in [2.45, 2.75) is 44.3 Å². The highest BCUT2D eigenvalue weighted by Gasteiger charge is 2.49. The van der Waals surface area contributed by atoms with Gasteiger partial charge in [0.2, 0.25) is 5.91 Å². The fraction of sp³-hybridized carbons (Fsp3) is 0.259. The minimum Gasteiger partial charge on any atom is -0.480 e. The topological polar surface area (TPSA) is 99.6 Å². The number of carboxylic acid groups (broad SMARTS) is 1. The summed E-state index contributed by atoms with van der Waals surface area (Å²) in [5.41, 5.74) is 1.78. The molecule has 0 unspecified atom stereocenters. The highest BCUT2D eigenvalue weighted by atomic mass is 19.1. The van der Waals surface area contributed by atoms with Gasteiger partial charge in [0.25, 0.3) is 5.91 Å². The maximum absolute atomic E-state index is 13.3. The van der Waals surface area contributed by atoms with Crippen molar-refractivity contribution in [2.24, 2.45) is 0 Å². The van der Waals surface area contributed by atoms with E-state index in [0.717, 1.165) is 11.1 Å². The minimum absolute atomic E-state index is 0.0533. The SMILES string of the molecule is CC(C)(Cc1ccc(F)cc1)N1C(=O)[C@@H](NC(=O)c2ccc(-c3ccccc3)nc2)C[C@H]1C(=O)O. The number of carbonyl (C=O) groups is 3. The van der Waals surface area contributed by atoms with E-state index in [9.17, 15) is 23.9 Å². The Morgan fingerprint density at radius 3 is 2.37 bits per heavy atom. The van der Waals surface area contributed by atoms with E-state index in [1.807, 2.05) is 30.3 Å². The van der Waals surface area contributed by atoms with E-state index in [0.29, 0.717) is 12.1 Å². The number of nitrogens with one attached hydrogen (secondary N) is 1. The van der Waals surface area contributed by atoms with Gasteiger partial charge in [0, 0.05) is 23.7 Å². The highest BCUT2D eigenvalue weighted by Crippen LogP contribution is 2.31. The lowest BCUT2D eigenvalue weighted by molar-refractivity contribution is -0.150. The lowest BCUT2D eigenvalue weighted by Crippen LogP contribution is -2.54. The Morgan fingerprint density at radius 2 is 1.77 bits per heavy atom. The summed E-state index contributed by atoms with van der Waals surface area (Å²) in [4.78, 5) is 43.8. The quantitative estimate of drug-likeness (QED) is 0.543. The second-order valence-electron chi connectivity index (χ2n) is 9.24. The van der Waals surface area contributed by atoms with Gasteiger partial charge in [-0.25, -0.2) is 9.18 Å². The van der Waals surface area contributed by atoms with Gasteiger partial charge in [-0.15, -0.1) is 0 Å². The minimum atomic E-state index is -1.14. The summed E-state index contributed by atoms with van der Waals surface area (Å²) in [5, 5.41) is 12.5. The number of aromatic nitrogens is 1. The molecule has 7 nitrogen and oxygen atoms in total. The van der Waals surface area contributed by atoms with Gasteiger partial charge in [-0.2, -0.15) is 0 Å². The zero-order valence-electron chi connectivity index (χ0n) is 19.4. The van der Waals surface area contributed by atoms with E-state index in [-0.39, 0.29) is 17.8 Å². The number of likely N-dealkylation sites (tertiary alicyclic amines) is 1. The maximum Gasteiger partial charge on any atom is 0.326 e. The molecule has 1 fully saturated rings. The van der Waals surface area contributed by atoms with Crippen LogP contribution in [0.2, 0.25) is 0 Å². The second kappa shape index (κ2) is 9.66. The molecule has 1 saturated heterocycles. The van der Waals surface area contributed by atoms with Crippen molar-refractivity contribution in [3.8, 4) is 11.3 Å². The lowest BCUT2D eigenvalue weighted by atomic mass is 9.92. The molecule has 35 heavy (non-hydrogen) atoms. The average molecular weight is 476 g/mol. The van der Waals surface area contributed by atoms with Gasteiger partial charge in [-0.3, -0.25) is 14.6 Å². The number of rotatable bonds is 7. The fourth-order valence-electron chi connectivity index (χ4n) is 4.54. The molecule has 2 heterocycles. The summed E-state index contributed by atoms with van der Waals surface area (Å²) in [5.74, 6) is -2.48. The van der Waals surface area contributed by atoms with Gasteiger partial charge in [0.1, 0.15) is 17.9 Å². The monoisotopic (exact) mass is 475 g/mol. The van der Waals surface area contributed by atoms with Crippen LogP contribution in [-0.4, -0.2) is 50.4 Å². The zero-order valence-corrected chi connectivity index (χ0v) is 19.4. The molecule has 0 saturated carbocycles. The molecular weight excluding hydrogens is 449 g/mol. The molecule has 3 aromatic rings. The zero-order chi connectivity index (χ0) is 25.2. The summed E-state index contributed by atoms with van der Waals surface area (Å²) in [6, 6.07) is 16.6. The van der Waals surface area contributed by atoms with Crippen LogP contribution < -0.4 is 5.32 Å². The highest BCUT2D eigenvalue weighted by molar-refractivity contribution is 5.99. The Morgan fingerprint density at radius 1 is 1.09 bits per heavy atom. The molecule has 2 aromatic carbocycles. The van der Waals surface area contributed by atoms with Crippen molar-refractivity contribution in [3.63, 3.8) is 0 Å². The van der Waals surface area contributed by atoms with Gasteiger partial charge in [0.05, 0.1) is 11.3 Å². The van der Waals surface area contributed by atoms with Crippen molar-refractivity contribution >= 4 is 17.8 Å². The van der Waals surface area contributed by atoms with Gasteiger partial charge in [0.15, 0.2) is 0 Å².